The van der Waals surface area contributed by atoms with E-state index in [9.17, 15) is 18.7 Å². The lowest BCUT2D eigenvalue weighted by Crippen LogP contribution is -2.33. The van der Waals surface area contributed by atoms with Crippen molar-refractivity contribution in [2.24, 2.45) is 18.9 Å². The minimum atomic E-state index is -1.72. The molecule has 2 heterocycles. The predicted molar refractivity (Wildman–Crippen MR) is 127 cm³/mol. The molecule has 34 heavy (non-hydrogen) atoms. The van der Waals surface area contributed by atoms with E-state index in [1.54, 1.807) is 40.7 Å². The Hall–Kier alpha value is -3.20. The minimum absolute atomic E-state index is 0.0869. The number of aromatic nitrogens is 3. The first-order valence-corrected chi connectivity index (χ1v) is 11.6. The van der Waals surface area contributed by atoms with Gasteiger partial charge in [0.1, 0.15) is 12.0 Å². The number of aliphatic hydroxyl groups excluding tert-OH is 1. The fourth-order valence-electron chi connectivity index (χ4n) is 4.68. The van der Waals surface area contributed by atoms with Gasteiger partial charge in [0.05, 0.1) is 17.6 Å². The van der Waals surface area contributed by atoms with Crippen LogP contribution in [0.5, 0.6) is 5.75 Å². The van der Waals surface area contributed by atoms with Crippen LogP contribution in [-0.4, -0.2) is 32.1 Å². The number of nitrogens with zero attached hydrogens (tertiary/aromatic N) is 3. The summed E-state index contributed by atoms with van der Waals surface area (Å²) in [5.41, 5.74) is 2.34. The molecule has 1 unspecified atom stereocenters. The summed E-state index contributed by atoms with van der Waals surface area (Å²) in [6, 6.07) is 9.04. The summed E-state index contributed by atoms with van der Waals surface area (Å²) in [7, 11) is 1.74. The fourth-order valence-corrected chi connectivity index (χ4v) is 4.68. The Labute approximate surface area is 196 Å². The number of ether oxygens (including phenoxy) is 1. The number of benzene rings is 1. The van der Waals surface area contributed by atoms with Crippen LogP contribution in [0.3, 0.4) is 0 Å². The summed E-state index contributed by atoms with van der Waals surface area (Å²) in [6.45, 7) is 0.732. The van der Waals surface area contributed by atoms with Crippen LogP contribution in [0.25, 0.3) is 11.0 Å². The zero-order valence-electron chi connectivity index (χ0n) is 19.2. The maximum atomic E-state index is 12.9. The van der Waals surface area contributed by atoms with Crippen molar-refractivity contribution in [2.45, 2.75) is 44.9 Å². The molecule has 0 bridgehead atoms. The van der Waals surface area contributed by atoms with Crippen LogP contribution in [-0.2, 0) is 13.6 Å². The van der Waals surface area contributed by atoms with E-state index in [-0.39, 0.29) is 24.6 Å². The molecular weight excluding hydrogens is 442 g/mol. The van der Waals surface area contributed by atoms with Crippen LogP contribution in [0.2, 0.25) is 0 Å². The van der Waals surface area contributed by atoms with Gasteiger partial charge in [-0.2, -0.15) is 8.78 Å². The van der Waals surface area contributed by atoms with Gasteiger partial charge in [-0.1, -0.05) is 0 Å². The number of pyridine rings is 1. The highest BCUT2D eigenvalue weighted by molar-refractivity contribution is 5.77. The van der Waals surface area contributed by atoms with Crippen molar-refractivity contribution in [3.05, 3.63) is 65.4 Å². The van der Waals surface area contributed by atoms with E-state index in [1.807, 2.05) is 18.2 Å². The van der Waals surface area contributed by atoms with E-state index < -0.39 is 12.3 Å². The molecule has 7 nitrogen and oxygen atoms in total. The molecule has 3 aromatic rings. The highest BCUT2D eigenvalue weighted by Crippen LogP contribution is 2.33. The van der Waals surface area contributed by atoms with E-state index in [2.05, 4.69) is 10.3 Å². The standard InChI is InChI=1S/C25H30F2N4O3/c1-30-21-9-8-20(34-14-2-3-23(26)27)15-22(21)31(25(30)33)16-17-4-6-18(7-5-17)24(32)29-19-10-12-28-13-11-19/h3,8-13,15,17-18,24,32H,2,4-7,14,16H2,1H3,(H,28,29). The molecule has 0 radical (unpaired) electrons. The lowest BCUT2D eigenvalue weighted by atomic mass is 9.81. The molecule has 9 heteroatoms. The first-order valence-electron chi connectivity index (χ1n) is 11.6. The van der Waals surface area contributed by atoms with Gasteiger partial charge >= 0.3 is 5.69 Å². The fraction of sp³-hybridized carbons (Fsp3) is 0.440. The van der Waals surface area contributed by atoms with Crippen molar-refractivity contribution < 1.29 is 18.6 Å². The smallest absolute Gasteiger partial charge is 0.328 e. The molecule has 2 aromatic heterocycles. The predicted octanol–water partition coefficient (Wildman–Crippen LogP) is 4.52. The molecule has 0 aliphatic heterocycles. The second-order valence-corrected chi connectivity index (χ2v) is 8.84. The van der Waals surface area contributed by atoms with E-state index in [0.717, 1.165) is 48.5 Å². The highest BCUT2D eigenvalue weighted by atomic mass is 19.3. The molecule has 1 fully saturated rings. The average Bonchev–Trinajstić information content (AvgIpc) is 3.07. The topological polar surface area (TPSA) is 81.3 Å². The number of rotatable bonds is 9. The number of nitrogens with one attached hydrogen (secondary N) is 1. The molecule has 4 rings (SSSR count). The molecule has 0 spiro atoms. The third-order valence-electron chi connectivity index (χ3n) is 6.58. The number of aryl methyl sites for hydroxylation is 1. The van der Waals surface area contributed by atoms with Crippen LogP contribution in [0.4, 0.5) is 14.5 Å². The van der Waals surface area contributed by atoms with E-state index in [4.69, 9.17) is 4.74 Å². The molecule has 0 saturated heterocycles. The van der Waals surface area contributed by atoms with Crippen LogP contribution in [0.15, 0.2) is 59.7 Å². The summed E-state index contributed by atoms with van der Waals surface area (Å²) in [6.07, 6.45) is 5.56. The van der Waals surface area contributed by atoms with Crippen molar-refractivity contribution in [2.75, 3.05) is 11.9 Å². The first kappa shape index (κ1) is 23.9. The molecule has 1 atom stereocenters. The number of halogens is 2. The Bertz CT molecular complexity index is 1180. The summed E-state index contributed by atoms with van der Waals surface area (Å²) < 4.78 is 33.4. The minimum Gasteiger partial charge on any atom is -0.493 e. The number of anilines is 1. The van der Waals surface area contributed by atoms with Gasteiger partial charge in [-0.05, 0) is 61.9 Å². The van der Waals surface area contributed by atoms with Gasteiger partial charge < -0.3 is 15.2 Å². The summed E-state index contributed by atoms with van der Waals surface area (Å²) >= 11 is 0. The Morgan fingerprint density at radius 3 is 2.65 bits per heavy atom. The van der Waals surface area contributed by atoms with Crippen molar-refractivity contribution in [3.63, 3.8) is 0 Å². The van der Waals surface area contributed by atoms with Gasteiger partial charge in [-0.15, -0.1) is 0 Å². The lowest BCUT2D eigenvalue weighted by molar-refractivity contribution is 0.0926. The number of hydrogen-bond donors (Lipinski definition) is 2. The lowest BCUT2D eigenvalue weighted by Gasteiger charge is -2.32. The second-order valence-electron chi connectivity index (χ2n) is 8.84. The van der Waals surface area contributed by atoms with Gasteiger partial charge in [0.25, 0.3) is 6.08 Å². The number of aliphatic hydroxyl groups is 1. The Morgan fingerprint density at radius 1 is 1.21 bits per heavy atom. The van der Waals surface area contributed by atoms with Gasteiger partial charge in [0, 0.05) is 50.1 Å². The van der Waals surface area contributed by atoms with Crippen LogP contribution in [0, 0.1) is 11.8 Å². The molecule has 1 aliphatic carbocycles. The Balaban J connectivity index is 1.39. The maximum absolute atomic E-state index is 12.9. The molecule has 1 saturated carbocycles. The monoisotopic (exact) mass is 472 g/mol. The summed E-state index contributed by atoms with van der Waals surface area (Å²) in [5.74, 6) is 1.03. The zero-order valence-corrected chi connectivity index (χ0v) is 19.2. The van der Waals surface area contributed by atoms with Crippen LogP contribution in [0.1, 0.15) is 32.1 Å². The normalized spacial score (nSPS) is 19.1. The van der Waals surface area contributed by atoms with Crippen molar-refractivity contribution >= 4 is 16.7 Å². The molecular formula is C25H30F2N4O3. The molecule has 182 valence electrons. The molecule has 2 N–H and O–H groups in total. The third kappa shape index (κ3) is 5.64. The summed E-state index contributed by atoms with van der Waals surface area (Å²) in [4.78, 5) is 16.9. The number of fused-ring (bicyclic) bond motifs is 1. The van der Waals surface area contributed by atoms with Crippen LogP contribution >= 0.6 is 0 Å². The van der Waals surface area contributed by atoms with Gasteiger partial charge in [-0.25, -0.2) is 4.79 Å². The van der Waals surface area contributed by atoms with Gasteiger partial charge in [0.2, 0.25) is 0 Å². The Kier molecular flexibility index (Phi) is 7.62. The SMILES string of the molecule is Cn1c(=O)n(CC2CCC(C(O)Nc3ccncc3)CC2)c2cc(OCCC=C(F)F)ccc21. The Morgan fingerprint density at radius 2 is 1.94 bits per heavy atom. The third-order valence-corrected chi connectivity index (χ3v) is 6.58. The van der Waals surface area contributed by atoms with E-state index >= 15 is 0 Å². The van der Waals surface area contributed by atoms with Crippen molar-refractivity contribution in [1.29, 1.82) is 0 Å². The number of imidazole rings is 1. The molecule has 1 aliphatic rings. The van der Waals surface area contributed by atoms with E-state index in [1.165, 1.54) is 0 Å². The second kappa shape index (κ2) is 10.8. The van der Waals surface area contributed by atoms with Gasteiger partial charge in [0.15, 0.2) is 0 Å². The molecule has 0 amide bonds. The first-order chi connectivity index (χ1) is 16.4. The number of hydrogen-bond acceptors (Lipinski definition) is 5. The van der Waals surface area contributed by atoms with Crippen LogP contribution < -0.4 is 15.7 Å². The van der Waals surface area contributed by atoms with Crippen molar-refractivity contribution in [3.8, 4) is 5.75 Å². The summed E-state index contributed by atoms with van der Waals surface area (Å²) in [5, 5.41) is 13.7. The quantitative estimate of drug-likeness (QED) is 0.354. The average molecular weight is 473 g/mol. The van der Waals surface area contributed by atoms with Gasteiger partial charge in [-0.3, -0.25) is 14.1 Å². The van der Waals surface area contributed by atoms with Crippen molar-refractivity contribution in [1.82, 2.24) is 14.1 Å². The largest absolute Gasteiger partial charge is 0.493 e. The highest BCUT2D eigenvalue weighted by Gasteiger charge is 2.27. The van der Waals surface area contributed by atoms with E-state index in [0.29, 0.717) is 18.2 Å². The molecule has 1 aromatic carbocycles. The maximum Gasteiger partial charge on any atom is 0.328 e. The zero-order chi connectivity index (χ0) is 24.1.